The monoisotopic (exact) mass is 584 g/mol. The van der Waals surface area contributed by atoms with E-state index in [1.165, 1.54) is 5.01 Å². The first kappa shape index (κ1) is 33.7. The highest BCUT2D eigenvalue weighted by molar-refractivity contribution is 5.89. The van der Waals surface area contributed by atoms with Crippen LogP contribution in [0.4, 0.5) is 0 Å². The van der Waals surface area contributed by atoms with Gasteiger partial charge in [-0.05, 0) is 74.9 Å². The predicted octanol–water partition coefficient (Wildman–Crippen LogP) is 4.85. The smallest absolute Gasteiger partial charge is 0.247 e. The van der Waals surface area contributed by atoms with Crippen molar-refractivity contribution in [3.05, 3.63) is 42.0 Å². The van der Waals surface area contributed by atoms with Gasteiger partial charge in [-0.25, -0.2) is 10.3 Å². The highest BCUT2D eigenvalue weighted by atomic mass is 16.8. The molecule has 0 spiro atoms. The molecule has 9 heteroatoms. The van der Waals surface area contributed by atoms with Crippen LogP contribution in [0.1, 0.15) is 84.6 Å². The van der Waals surface area contributed by atoms with E-state index < -0.39 is 18.1 Å². The molecular weight excluding hydrogens is 532 g/mol. The molecule has 0 bridgehead atoms. The van der Waals surface area contributed by atoms with Crippen molar-refractivity contribution in [2.45, 2.75) is 85.4 Å². The summed E-state index contributed by atoms with van der Waals surface area (Å²) >= 11 is 0. The van der Waals surface area contributed by atoms with Gasteiger partial charge in [-0.15, -0.1) is 0 Å². The summed E-state index contributed by atoms with van der Waals surface area (Å²) < 4.78 is 5.62. The minimum absolute atomic E-state index is 0.0741. The number of rotatable bonds is 14. The van der Waals surface area contributed by atoms with E-state index in [9.17, 15) is 14.4 Å². The third kappa shape index (κ3) is 11.9. The molecule has 3 N–H and O–H groups in total. The topological polar surface area (TPSA) is 109 Å². The number of carbonyl (C=O) groups is 3. The van der Waals surface area contributed by atoms with E-state index in [-0.39, 0.29) is 29.6 Å². The first-order chi connectivity index (χ1) is 20.2. The van der Waals surface area contributed by atoms with Crippen LogP contribution in [0, 0.1) is 29.6 Å². The lowest BCUT2D eigenvalue weighted by Gasteiger charge is -2.32. The second-order valence-corrected chi connectivity index (χ2v) is 12.5. The van der Waals surface area contributed by atoms with Crippen LogP contribution in [0.2, 0.25) is 0 Å². The van der Waals surface area contributed by atoms with E-state index in [0.29, 0.717) is 44.8 Å². The van der Waals surface area contributed by atoms with E-state index in [4.69, 9.17) is 9.57 Å². The molecule has 3 amide bonds. The molecule has 2 fully saturated rings. The first-order valence-corrected chi connectivity index (χ1v) is 15.8. The molecule has 2 saturated heterocycles. The number of hydrogen-bond acceptors (Lipinski definition) is 6. The first-order valence-electron chi connectivity index (χ1n) is 15.8. The van der Waals surface area contributed by atoms with E-state index >= 15 is 0 Å². The summed E-state index contributed by atoms with van der Waals surface area (Å²) in [4.78, 5) is 46.6. The van der Waals surface area contributed by atoms with Crippen molar-refractivity contribution in [1.29, 1.82) is 0 Å². The van der Waals surface area contributed by atoms with Crippen molar-refractivity contribution in [3.63, 3.8) is 0 Å². The van der Waals surface area contributed by atoms with Crippen LogP contribution in [0.25, 0.3) is 6.08 Å². The summed E-state index contributed by atoms with van der Waals surface area (Å²) in [6.45, 7) is 11.0. The molecule has 42 heavy (non-hydrogen) atoms. The quantitative estimate of drug-likeness (QED) is 0.270. The molecule has 1 aromatic rings. The minimum atomic E-state index is -0.698. The average Bonchev–Trinajstić information content (AvgIpc) is 2.98. The number of piperidine rings is 1. The lowest BCUT2D eigenvalue weighted by atomic mass is 9.82. The Bertz CT molecular complexity index is 987. The van der Waals surface area contributed by atoms with Gasteiger partial charge in [0, 0.05) is 26.0 Å². The van der Waals surface area contributed by atoms with Crippen LogP contribution in [0.3, 0.4) is 0 Å². The summed E-state index contributed by atoms with van der Waals surface area (Å²) in [6, 6.07) is 9.86. The second-order valence-electron chi connectivity index (χ2n) is 12.5. The van der Waals surface area contributed by atoms with Crippen LogP contribution in [0.5, 0.6) is 0 Å². The van der Waals surface area contributed by atoms with Crippen molar-refractivity contribution < 1.29 is 24.0 Å². The number of nitrogens with one attached hydrogen (secondary N) is 3. The highest BCUT2D eigenvalue weighted by Crippen LogP contribution is 2.27. The molecule has 1 aromatic carbocycles. The zero-order valence-corrected chi connectivity index (χ0v) is 26.0. The Balaban J connectivity index is 1.78. The normalized spacial score (nSPS) is 19.5. The molecular formula is C33H52N4O5. The van der Waals surface area contributed by atoms with Gasteiger partial charge in [0.25, 0.3) is 0 Å². The maximum absolute atomic E-state index is 14.0. The molecule has 0 saturated carbocycles. The Morgan fingerprint density at radius 1 is 1.00 bits per heavy atom. The Morgan fingerprint density at radius 2 is 1.74 bits per heavy atom. The Labute approximate surface area is 252 Å². The molecule has 0 aliphatic carbocycles. The van der Waals surface area contributed by atoms with Crippen LogP contribution >= 0.6 is 0 Å². The summed E-state index contributed by atoms with van der Waals surface area (Å²) in [5, 5.41) is 4.83. The molecule has 0 aromatic heterocycles. The molecule has 3 atom stereocenters. The molecule has 9 nitrogen and oxygen atoms in total. The van der Waals surface area contributed by atoms with Crippen molar-refractivity contribution >= 4 is 23.8 Å². The maximum atomic E-state index is 14.0. The standard InChI is InChI=1S/C33H52N4O5/c1-24(2)21-29(32(39)35-37(23-25(3)4)30(38)22-27-16-18-34-19-17-27)28(14-10-13-26-11-6-5-7-12-26)33(40)36-42-31-15-8-9-20-41-31/h5-7,10-13,24-25,27-29,31,34H,8-9,14-23H2,1-4H3,(H,35,39)(H,36,40)/t28-,29+,31?/m0/s1. The third-order valence-electron chi connectivity index (χ3n) is 7.83. The Hall–Kier alpha value is -2.75. The van der Waals surface area contributed by atoms with Crippen LogP contribution < -0.4 is 16.2 Å². The molecule has 2 aliphatic rings. The fraction of sp³-hybridized carbons (Fsp3) is 0.667. The van der Waals surface area contributed by atoms with Gasteiger partial charge >= 0.3 is 0 Å². The number of allylic oxidation sites excluding steroid dienone is 1. The summed E-state index contributed by atoms with van der Waals surface area (Å²) in [7, 11) is 0. The lowest BCUT2D eigenvalue weighted by Crippen LogP contribution is -2.52. The van der Waals surface area contributed by atoms with Gasteiger partial charge in [-0.3, -0.25) is 24.8 Å². The van der Waals surface area contributed by atoms with Gasteiger partial charge < -0.3 is 10.1 Å². The van der Waals surface area contributed by atoms with Crippen LogP contribution in [-0.2, 0) is 24.0 Å². The van der Waals surface area contributed by atoms with Crippen LogP contribution in [-0.4, -0.2) is 55.3 Å². The van der Waals surface area contributed by atoms with E-state index in [2.05, 4.69) is 16.2 Å². The number of amides is 3. The Kier molecular flexibility index (Phi) is 14.5. The van der Waals surface area contributed by atoms with Crippen molar-refractivity contribution in [2.24, 2.45) is 29.6 Å². The molecule has 2 aliphatic heterocycles. The number of hydrogen-bond donors (Lipinski definition) is 3. The maximum Gasteiger partial charge on any atom is 0.247 e. The van der Waals surface area contributed by atoms with E-state index in [1.807, 2.05) is 70.2 Å². The molecule has 1 unspecified atom stereocenters. The summed E-state index contributed by atoms with van der Waals surface area (Å²) in [6.07, 6.45) is 9.19. The number of ether oxygens (including phenoxy) is 1. The highest BCUT2D eigenvalue weighted by Gasteiger charge is 2.36. The number of hydrazine groups is 1. The average molecular weight is 585 g/mol. The number of hydroxylamine groups is 1. The van der Waals surface area contributed by atoms with Gasteiger partial charge in [0.05, 0.1) is 11.8 Å². The van der Waals surface area contributed by atoms with E-state index in [1.54, 1.807) is 0 Å². The SMILES string of the molecule is CC(C)C[C@@H](C(=O)NN(CC(C)C)C(=O)CC1CCNCC1)[C@H](CC=Cc1ccccc1)C(=O)NOC1CCCCO1. The predicted molar refractivity (Wildman–Crippen MR) is 164 cm³/mol. The second kappa shape index (κ2) is 18.0. The zero-order valence-electron chi connectivity index (χ0n) is 26.0. The molecule has 2 heterocycles. The number of benzene rings is 1. The number of carbonyl (C=O) groups excluding carboxylic acids is 3. The van der Waals surface area contributed by atoms with Crippen molar-refractivity contribution in [1.82, 2.24) is 21.2 Å². The van der Waals surface area contributed by atoms with Gasteiger partial charge in [-0.2, -0.15) is 0 Å². The third-order valence-corrected chi connectivity index (χ3v) is 7.83. The van der Waals surface area contributed by atoms with Gasteiger partial charge in [0.15, 0.2) is 6.29 Å². The molecule has 234 valence electrons. The van der Waals surface area contributed by atoms with Gasteiger partial charge in [-0.1, -0.05) is 70.2 Å². The fourth-order valence-corrected chi connectivity index (χ4v) is 5.57. The van der Waals surface area contributed by atoms with Crippen LogP contribution in [0.15, 0.2) is 36.4 Å². The minimum Gasteiger partial charge on any atom is -0.350 e. The number of nitrogens with zero attached hydrogens (tertiary/aromatic N) is 1. The lowest BCUT2D eigenvalue weighted by molar-refractivity contribution is -0.203. The zero-order chi connectivity index (χ0) is 30.3. The molecule has 0 radical (unpaired) electrons. The summed E-state index contributed by atoms with van der Waals surface area (Å²) in [5.41, 5.74) is 6.57. The molecule has 3 rings (SSSR count). The Morgan fingerprint density at radius 3 is 2.38 bits per heavy atom. The van der Waals surface area contributed by atoms with E-state index in [0.717, 1.165) is 44.3 Å². The fourth-order valence-electron chi connectivity index (χ4n) is 5.57. The van der Waals surface area contributed by atoms with Crippen molar-refractivity contribution in [3.8, 4) is 0 Å². The summed E-state index contributed by atoms with van der Waals surface area (Å²) in [5.74, 6) is -1.49. The largest absolute Gasteiger partial charge is 0.350 e. The van der Waals surface area contributed by atoms with Crippen molar-refractivity contribution in [2.75, 3.05) is 26.2 Å². The van der Waals surface area contributed by atoms with Gasteiger partial charge in [0.2, 0.25) is 17.7 Å². The van der Waals surface area contributed by atoms with Gasteiger partial charge in [0.1, 0.15) is 0 Å².